The molecule has 0 radical (unpaired) electrons. The van der Waals surface area contributed by atoms with Gasteiger partial charge in [0.05, 0.1) is 6.07 Å². The lowest BCUT2D eigenvalue weighted by atomic mass is 9.91. The maximum Gasteiger partial charge on any atom is 0.204 e. The molecule has 2 N–H and O–H groups in total. The molecule has 0 aliphatic rings. The molecule has 1 atom stereocenters. The third kappa shape index (κ3) is 1.96. The molecule has 2 aromatic rings. The summed E-state index contributed by atoms with van der Waals surface area (Å²) in [4.78, 5) is 16.6. The number of hydrogen-bond acceptors (Lipinski definition) is 5. The van der Waals surface area contributed by atoms with Crippen LogP contribution in [0.15, 0.2) is 42.0 Å². The fourth-order valence-electron chi connectivity index (χ4n) is 1.45. The zero-order valence-corrected chi connectivity index (χ0v) is 9.65. The Balaban J connectivity index is 2.45. The Kier molecular flexibility index (Phi) is 3.00. The lowest BCUT2D eigenvalue weighted by Crippen LogP contribution is -2.42. The first-order valence-corrected chi connectivity index (χ1v) is 5.75. The standard InChI is InChI=1S/C12H9N3OS/c13-8-12(14,10-4-2-6-17-10)11(16)9-3-1-5-15-7-9/h1-7H,14H2. The molecule has 0 spiro atoms. The normalized spacial score (nSPS) is 13.6. The van der Waals surface area contributed by atoms with E-state index in [0.29, 0.717) is 10.4 Å². The minimum Gasteiger partial charge on any atom is -0.302 e. The highest BCUT2D eigenvalue weighted by molar-refractivity contribution is 7.10. The van der Waals surface area contributed by atoms with Crippen LogP contribution in [0.5, 0.6) is 0 Å². The molecule has 0 amide bonds. The maximum atomic E-state index is 12.2. The van der Waals surface area contributed by atoms with Crippen molar-refractivity contribution in [2.75, 3.05) is 0 Å². The molecule has 0 aromatic carbocycles. The molecule has 4 nitrogen and oxygen atoms in total. The first kappa shape index (κ1) is 11.5. The van der Waals surface area contributed by atoms with Crippen LogP contribution < -0.4 is 5.73 Å². The van der Waals surface area contributed by atoms with Crippen molar-refractivity contribution >= 4 is 17.1 Å². The molecular weight excluding hydrogens is 234 g/mol. The predicted molar refractivity (Wildman–Crippen MR) is 64.4 cm³/mol. The van der Waals surface area contributed by atoms with Gasteiger partial charge in [0, 0.05) is 22.8 Å². The first-order chi connectivity index (χ1) is 8.18. The van der Waals surface area contributed by atoms with Crippen molar-refractivity contribution in [3.8, 4) is 6.07 Å². The van der Waals surface area contributed by atoms with Crippen LogP contribution in [0.2, 0.25) is 0 Å². The van der Waals surface area contributed by atoms with Crippen LogP contribution in [-0.2, 0) is 5.54 Å². The Bertz CT molecular complexity index is 559. The largest absolute Gasteiger partial charge is 0.302 e. The summed E-state index contributed by atoms with van der Waals surface area (Å²) < 4.78 is 0. The Morgan fingerprint density at radius 2 is 2.29 bits per heavy atom. The number of pyridine rings is 1. The van der Waals surface area contributed by atoms with Gasteiger partial charge in [0.15, 0.2) is 0 Å². The molecule has 2 heterocycles. The molecule has 0 fully saturated rings. The predicted octanol–water partition coefficient (Wildman–Crippen LogP) is 1.70. The van der Waals surface area contributed by atoms with E-state index in [1.165, 1.54) is 17.5 Å². The van der Waals surface area contributed by atoms with E-state index >= 15 is 0 Å². The van der Waals surface area contributed by atoms with Gasteiger partial charge in [-0.3, -0.25) is 9.78 Å². The van der Waals surface area contributed by atoms with E-state index in [2.05, 4.69) is 4.98 Å². The van der Waals surface area contributed by atoms with Crippen LogP contribution in [0.3, 0.4) is 0 Å². The number of carbonyl (C=O) groups is 1. The van der Waals surface area contributed by atoms with Crippen LogP contribution in [0.4, 0.5) is 0 Å². The Labute approximate surface area is 102 Å². The summed E-state index contributed by atoms with van der Waals surface area (Å²) in [5, 5.41) is 11.0. The smallest absolute Gasteiger partial charge is 0.204 e. The molecule has 0 aliphatic heterocycles. The van der Waals surface area contributed by atoms with E-state index in [4.69, 9.17) is 5.73 Å². The molecule has 0 aliphatic carbocycles. The summed E-state index contributed by atoms with van der Waals surface area (Å²) in [5.41, 5.74) is 4.62. The van der Waals surface area contributed by atoms with Crippen LogP contribution in [0.25, 0.3) is 0 Å². The third-order valence-electron chi connectivity index (χ3n) is 2.37. The Morgan fingerprint density at radius 1 is 1.47 bits per heavy atom. The topological polar surface area (TPSA) is 79.8 Å². The summed E-state index contributed by atoms with van der Waals surface area (Å²) in [6.07, 6.45) is 2.97. The fourth-order valence-corrected chi connectivity index (χ4v) is 2.23. The highest BCUT2D eigenvalue weighted by atomic mass is 32.1. The van der Waals surface area contributed by atoms with Gasteiger partial charge in [0.1, 0.15) is 0 Å². The number of thiophene rings is 1. The molecule has 2 aromatic heterocycles. The number of hydrogen-bond donors (Lipinski definition) is 1. The van der Waals surface area contributed by atoms with E-state index in [-0.39, 0.29) is 0 Å². The minimum atomic E-state index is -1.63. The number of nitrogens with two attached hydrogens (primary N) is 1. The molecule has 17 heavy (non-hydrogen) atoms. The van der Waals surface area contributed by atoms with Crippen molar-refractivity contribution < 1.29 is 4.79 Å². The monoisotopic (exact) mass is 243 g/mol. The second kappa shape index (κ2) is 4.45. The van der Waals surface area contributed by atoms with Gasteiger partial charge in [0.25, 0.3) is 0 Å². The zero-order valence-electron chi connectivity index (χ0n) is 8.83. The number of nitriles is 1. The molecule has 84 valence electrons. The van der Waals surface area contributed by atoms with Gasteiger partial charge in [-0.1, -0.05) is 6.07 Å². The minimum absolute atomic E-state index is 0.338. The number of rotatable bonds is 3. The fraction of sp³-hybridized carbons (Fsp3) is 0.0833. The summed E-state index contributed by atoms with van der Waals surface area (Å²) in [5.74, 6) is -0.435. The van der Waals surface area contributed by atoms with E-state index in [0.717, 1.165) is 0 Å². The summed E-state index contributed by atoms with van der Waals surface area (Å²) in [6.45, 7) is 0. The number of Topliss-reactive ketones (excluding diaryl/α,β-unsaturated/α-hetero) is 1. The van der Waals surface area contributed by atoms with Crippen LogP contribution in [0.1, 0.15) is 15.2 Å². The molecular formula is C12H9N3OS. The molecule has 0 saturated heterocycles. The molecule has 2 rings (SSSR count). The summed E-state index contributed by atoms with van der Waals surface area (Å²) in [7, 11) is 0. The summed E-state index contributed by atoms with van der Waals surface area (Å²) >= 11 is 1.29. The zero-order chi connectivity index (χ0) is 12.3. The SMILES string of the molecule is N#CC(N)(C(=O)c1cccnc1)c1cccs1. The van der Waals surface area contributed by atoms with Crippen molar-refractivity contribution in [3.05, 3.63) is 52.5 Å². The summed E-state index contributed by atoms with van der Waals surface area (Å²) in [6, 6.07) is 8.57. The van der Waals surface area contributed by atoms with Crippen molar-refractivity contribution in [2.45, 2.75) is 5.54 Å². The van der Waals surface area contributed by atoms with E-state index in [9.17, 15) is 10.1 Å². The van der Waals surface area contributed by atoms with Crippen molar-refractivity contribution in [3.63, 3.8) is 0 Å². The lowest BCUT2D eigenvalue weighted by molar-refractivity contribution is 0.0926. The highest BCUT2D eigenvalue weighted by Crippen LogP contribution is 2.26. The highest BCUT2D eigenvalue weighted by Gasteiger charge is 2.38. The van der Waals surface area contributed by atoms with Crippen molar-refractivity contribution in [1.29, 1.82) is 5.26 Å². The second-order valence-electron chi connectivity index (χ2n) is 3.47. The van der Waals surface area contributed by atoms with Gasteiger partial charge in [-0.25, -0.2) is 0 Å². The lowest BCUT2D eigenvalue weighted by Gasteiger charge is -2.18. The number of carbonyl (C=O) groups excluding carboxylic acids is 1. The number of aromatic nitrogens is 1. The first-order valence-electron chi connectivity index (χ1n) is 4.87. The number of ketones is 1. The number of nitrogens with zero attached hydrogens (tertiary/aromatic N) is 2. The van der Waals surface area contributed by atoms with Crippen molar-refractivity contribution in [2.24, 2.45) is 5.73 Å². The van der Waals surface area contributed by atoms with Crippen LogP contribution in [-0.4, -0.2) is 10.8 Å². The molecule has 0 bridgehead atoms. The molecule has 0 saturated carbocycles. The third-order valence-corrected chi connectivity index (χ3v) is 3.37. The molecule has 1 unspecified atom stereocenters. The van der Waals surface area contributed by atoms with Gasteiger partial charge >= 0.3 is 0 Å². The van der Waals surface area contributed by atoms with Gasteiger partial charge in [-0.05, 0) is 23.6 Å². The second-order valence-corrected chi connectivity index (χ2v) is 4.42. The van der Waals surface area contributed by atoms with Gasteiger partial charge in [-0.2, -0.15) is 5.26 Å². The van der Waals surface area contributed by atoms with E-state index in [1.807, 2.05) is 6.07 Å². The van der Waals surface area contributed by atoms with Gasteiger partial charge in [-0.15, -0.1) is 11.3 Å². The van der Waals surface area contributed by atoms with Gasteiger partial charge < -0.3 is 5.73 Å². The molecule has 5 heteroatoms. The van der Waals surface area contributed by atoms with Crippen molar-refractivity contribution in [1.82, 2.24) is 4.98 Å². The maximum absolute atomic E-state index is 12.2. The quantitative estimate of drug-likeness (QED) is 0.832. The van der Waals surface area contributed by atoms with E-state index < -0.39 is 11.3 Å². The van der Waals surface area contributed by atoms with Gasteiger partial charge in [0.2, 0.25) is 11.3 Å². The van der Waals surface area contributed by atoms with E-state index in [1.54, 1.807) is 35.8 Å². The Hall–Kier alpha value is -2.03. The van der Waals surface area contributed by atoms with Crippen LogP contribution in [0, 0.1) is 11.3 Å². The van der Waals surface area contributed by atoms with Crippen LogP contribution >= 0.6 is 11.3 Å². The Morgan fingerprint density at radius 3 is 2.82 bits per heavy atom. The average molecular weight is 243 g/mol. The average Bonchev–Trinajstić information content (AvgIpc) is 2.92.